The van der Waals surface area contributed by atoms with Crippen molar-refractivity contribution in [3.05, 3.63) is 71.8 Å². The maximum Gasteiger partial charge on any atom is 0.217 e. The van der Waals surface area contributed by atoms with Crippen molar-refractivity contribution in [1.29, 1.82) is 0 Å². The minimum absolute atomic E-state index is 0.0254. The van der Waals surface area contributed by atoms with Crippen LogP contribution in [0.5, 0.6) is 0 Å². The SMILES string of the molecule is NOCCS(=O)(=O)N(Cc1ccccc1)Cc1ccccc1. The summed E-state index contributed by atoms with van der Waals surface area (Å²) in [4.78, 5) is 4.42. The Kier molecular flexibility index (Phi) is 6.09. The van der Waals surface area contributed by atoms with Gasteiger partial charge in [-0.05, 0) is 11.1 Å². The predicted octanol–water partition coefficient (Wildman–Crippen LogP) is 1.91. The van der Waals surface area contributed by atoms with Crippen molar-refractivity contribution in [2.45, 2.75) is 13.1 Å². The van der Waals surface area contributed by atoms with E-state index < -0.39 is 10.0 Å². The number of hydrogen-bond acceptors (Lipinski definition) is 4. The summed E-state index contributed by atoms with van der Waals surface area (Å²) in [5, 5.41) is 0. The monoisotopic (exact) mass is 320 g/mol. The number of sulfonamides is 1. The van der Waals surface area contributed by atoms with E-state index in [1.165, 1.54) is 4.31 Å². The lowest BCUT2D eigenvalue weighted by Crippen LogP contribution is -2.34. The molecule has 2 rings (SSSR count). The molecule has 0 bridgehead atoms. The van der Waals surface area contributed by atoms with Gasteiger partial charge in [0.1, 0.15) is 0 Å². The molecule has 0 heterocycles. The van der Waals surface area contributed by atoms with E-state index in [4.69, 9.17) is 5.90 Å². The van der Waals surface area contributed by atoms with Crippen LogP contribution in [0.4, 0.5) is 0 Å². The lowest BCUT2D eigenvalue weighted by Gasteiger charge is -2.22. The van der Waals surface area contributed by atoms with Crippen LogP contribution in [0.25, 0.3) is 0 Å². The van der Waals surface area contributed by atoms with E-state index >= 15 is 0 Å². The molecule has 0 fully saturated rings. The molecule has 0 saturated carbocycles. The van der Waals surface area contributed by atoms with E-state index in [-0.39, 0.29) is 12.4 Å². The maximum atomic E-state index is 12.5. The highest BCUT2D eigenvalue weighted by Gasteiger charge is 2.22. The first kappa shape index (κ1) is 16.6. The number of rotatable bonds is 8. The predicted molar refractivity (Wildman–Crippen MR) is 86.1 cm³/mol. The molecule has 6 heteroatoms. The van der Waals surface area contributed by atoms with Crippen molar-refractivity contribution >= 4 is 10.0 Å². The Bertz CT molecular complexity index is 619. The van der Waals surface area contributed by atoms with Crippen molar-refractivity contribution < 1.29 is 13.3 Å². The van der Waals surface area contributed by atoms with Gasteiger partial charge in [-0.25, -0.2) is 14.3 Å². The molecule has 22 heavy (non-hydrogen) atoms. The zero-order valence-corrected chi connectivity index (χ0v) is 13.1. The zero-order valence-electron chi connectivity index (χ0n) is 12.3. The first-order valence-electron chi connectivity index (χ1n) is 6.99. The molecule has 0 atom stereocenters. The Labute approximate surface area is 131 Å². The fraction of sp³-hybridized carbons (Fsp3) is 0.250. The molecule has 0 spiro atoms. The van der Waals surface area contributed by atoms with Gasteiger partial charge in [0.15, 0.2) is 0 Å². The lowest BCUT2D eigenvalue weighted by atomic mass is 10.2. The van der Waals surface area contributed by atoms with Gasteiger partial charge in [0.05, 0.1) is 12.4 Å². The average molecular weight is 320 g/mol. The molecule has 0 aliphatic carbocycles. The highest BCUT2D eigenvalue weighted by molar-refractivity contribution is 7.89. The number of hydrogen-bond donors (Lipinski definition) is 1. The topological polar surface area (TPSA) is 72.6 Å². The Hall–Kier alpha value is -1.73. The summed E-state index contributed by atoms with van der Waals surface area (Å²) in [6.45, 7) is 0.619. The fourth-order valence-electron chi connectivity index (χ4n) is 2.11. The molecule has 0 saturated heterocycles. The van der Waals surface area contributed by atoms with Crippen molar-refractivity contribution in [2.75, 3.05) is 12.4 Å². The second-order valence-corrected chi connectivity index (χ2v) is 7.01. The van der Waals surface area contributed by atoms with Crippen molar-refractivity contribution in [3.8, 4) is 0 Å². The second kappa shape index (κ2) is 8.05. The van der Waals surface area contributed by atoms with Crippen LogP contribution >= 0.6 is 0 Å². The minimum Gasteiger partial charge on any atom is -0.304 e. The Morgan fingerprint density at radius 3 is 1.73 bits per heavy atom. The van der Waals surface area contributed by atoms with Gasteiger partial charge in [-0.15, -0.1) is 0 Å². The van der Waals surface area contributed by atoms with Crippen LogP contribution in [-0.2, 0) is 28.0 Å². The summed E-state index contributed by atoms with van der Waals surface area (Å²) in [6.07, 6.45) is 0. The van der Waals surface area contributed by atoms with Gasteiger partial charge in [0.2, 0.25) is 10.0 Å². The largest absolute Gasteiger partial charge is 0.304 e. The molecule has 5 nitrogen and oxygen atoms in total. The smallest absolute Gasteiger partial charge is 0.217 e. The summed E-state index contributed by atoms with van der Waals surface area (Å²) in [6, 6.07) is 19.0. The van der Waals surface area contributed by atoms with Gasteiger partial charge in [-0.3, -0.25) is 0 Å². The third-order valence-electron chi connectivity index (χ3n) is 3.26. The van der Waals surface area contributed by atoms with Gasteiger partial charge >= 0.3 is 0 Å². The highest BCUT2D eigenvalue weighted by atomic mass is 32.2. The summed E-state index contributed by atoms with van der Waals surface area (Å²) < 4.78 is 26.4. The van der Waals surface area contributed by atoms with Gasteiger partial charge < -0.3 is 4.84 Å². The van der Waals surface area contributed by atoms with E-state index in [1.807, 2.05) is 60.7 Å². The molecule has 2 N–H and O–H groups in total. The minimum atomic E-state index is -3.45. The van der Waals surface area contributed by atoms with Crippen molar-refractivity contribution in [1.82, 2.24) is 4.31 Å². The first-order chi connectivity index (χ1) is 10.6. The molecule has 0 radical (unpaired) electrons. The van der Waals surface area contributed by atoms with E-state index in [0.29, 0.717) is 13.1 Å². The van der Waals surface area contributed by atoms with Gasteiger partial charge in [0.25, 0.3) is 0 Å². The third kappa shape index (κ3) is 4.92. The van der Waals surface area contributed by atoms with Crippen molar-refractivity contribution in [2.24, 2.45) is 5.90 Å². The Morgan fingerprint density at radius 2 is 1.32 bits per heavy atom. The molecule has 0 amide bonds. The molecule has 2 aromatic carbocycles. The van der Waals surface area contributed by atoms with E-state index in [0.717, 1.165) is 11.1 Å². The molecule has 2 aromatic rings. The maximum absolute atomic E-state index is 12.5. The Balaban J connectivity index is 2.20. The molecule has 0 aliphatic rings. The highest BCUT2D eigenvalue weighted by Crippen LogP contribution is 2.14. The standard InChI is InChI=1S/C16H20N2O3S/c17-21-11-12-22(19,20)18(13-15-7-3-1-4-8-15)14-16-9-5-2-6-10-16/h1-10H,11-14,17H2. The fourth-order valence-corrected chi connectivity index (χ4v) is 3.37. The van der Waals surface area contributed by atoms with Crippen LogP contribution in [0.3, 0.4) is 0 Å². The molecular formula is C16H20N2O3S. The quantitative estimate of drug-likeness (QED) is 0.754. The van der Waals surface area contributed by atoms with Gasteiger partial charge in [0, 0.05) is 13.1 Å². The number of benzene rings is 2. The second-order valence-electron chi connectivity index (χ2n) is 4.93. The van der Waals surface area contributed by atoms with Crippen LogP contribution in [0.2, 0.25) is 0 Å². The first-order valence-corrected chi connectivity index (χ1v) is 8.60. The van der Waals surface area contributed by atoms with Crippen LogP contribution in [-0.4, -0.2) is 25.1 Å². The van der Waals surface area contributed by atoms with E-state index in [2.05, 4.69) is 4.84 Å². The molecule has 0 aliphatic heterocycles. The third-order valence-corrected chi connectivity index (χ3v) is 4.98. The Morgan fingerprint density at radius 1 is 0.864 bits per heavy atom. The summed E-state index contributed by atoms with van der Waals surface area (Å²) in [7, 11) is -3.45. The number of nitrogens with zero attached hydrogens (tertiary/aromatic N) is 1. The van der Waals surface area contributed by atoms with Crippen LogP contribution in [0, 0.1) is 0 Å². The van der Waals surface area contributed by atoms with Crippen molar-refractivity contribution in [3.63, 3.8) is 0 Å². The molecule has 0 unspecified atom stereocenters. The van der Waals surface area contributed by atoms with Gasteiger partial charge in [-0.2, -0.15) is 4.31 Å². The summed E-state index contributed by atoms with van der Waals surface area (Å²) in [5.41, 5.74) is 1.88. The normalized spacial score (nSPS) is 11.7. The van der Waals surface area contributed by atoms with Crippen LogP contribution in [0.1, 0.15) is 11.1 Å². The van der Waals surface area contributed by atoms with Crippen LogP contribution in [0.15, 0.2) is 60.7 Å². The average Bonchev–Trinajstić information content (AvgIpc) is 2.54. The summed E-state index contributed by atoms with van der Waals surface area (Å²) in [5.74, 6) is 4.82. The summed E-state index contributed by atoms with van der Waals surface area (Å²) >= 11 is 0. The zero-order chi connectivity index (χ0) is 15.8. The number of nitrogens with two attached hydrogens (primary N) is 1. The lowest BCUT2D eigenvalue weighted by molar-refractivity contribution is 0.152. The van der Waals surface area contributed by atoms with E-state index in [9.17, 15) is 8.42 Å². The molecule has 118 valence electrons. The van der Waals surface area contributed by atoms with Crippen LogP contribution < -0.4 is 5.90 Å². The van der Waals surface area contributed by atoms with Gasteiger partial charge in [-0.1, -0.05) is 60.7 Å². The molecular weight excluding hydrogens is 300 g/mol. The molecule has 0 aromatic heterocycles. The van der Waals surface area contributed by atoms with E-state index in [1.54, 1.807) is 0 Å².